The van der Waals surface area contributed by atoms with Gasteiger partial charge in [0.25, 0.3) is 0 Å². The average molecular weight is 450 g/mol. The zero-order valence-corrected chi connectivity index (χ0v) is 19.1. The molecular weight excluding hydrogens is 422 g/mol. The number of rotatable bonds is 6. The number of H-pyrrole nitrogens is 1. The molecule has 0 radical (unpaired) electrons. The van der Waals surface area contributed by atoms with Crippen LogP contribution < -0.4 is 0 Å². The Morgan fingerprint density at radius 2 is 1.78 bits per heavy atom. The molecule has 0 atom stereocenters. The molecule has 4 heterocycles. The molecule has 1 N–H and O–H groups in total. The van der Waals surface area contributed by atoms with Crippen LogP contribution in [0.5, 0.6) is 0 Å². The highest BCUT2D eigenvalue weighted by molar-refractivity contribution is 7.89. The van der Waals surface area contributed by atoms with E-state index in [1.807, 2.05) is 30.6 Å². The molecule has 0 bridgehead atoms. The number of sulfonamides is 1. The molecule has 0 amide bonds. The first-order valence-electron chi connectivity index (χ1n) is 11.0. The van der Waals surface area contributed by atoms with Gasteiger partial charge in [0.1, 0.15) is 11.5 Å². The lowest BCUT2D eigenvalue weighted by atomic mass is 10.0. The number of pyridine rings is 1. The van der Waals surface area contributed by atoms with Gasteiger partial charge in [0, 0.05) is 48.7 Å². The summed E-state index contributed by atoms with van der Waals surface area (Å²) in [5.74, 6) is 1.39. The zero-order chi connectivity index (χ0) is 22.3. The number of aromatic nitrogens is 4. The van der Waals surface area contributed by atoms with Crippen LogP contribution in [0.2, 0.25) is 0 Å². The van der Waals surface area contributed by atoms with E-state index in [1.165, 1.54) is 0 Å². The van der Waals surface area contributed by atoms with E-state index >= 15 is 0 Å². The average Bonchev–Trinajstić information content (AvgIpc) is 3.54. The molecule has 0 saturated carbocycles. The maximum absolute atomic E-state index is 12.8. The first kappa shape index (κ1) is 20.9. The normalized spacial score (nSPS) is 15.2. The maximum Gasteiger partial charge on any atom is 0.243 e. The van der Waals surface area contributed by atoms with Crippen LogP contribution in [0.15, 0.2) is 59.9 Å². The first-order chi connectivity index (χ1) is 15.4. The van der Waals surface area contributed by atoms with Gasteiger partial charge in [0.05, 0.1) is 11.4 Å². The Balaban J connectivity index is 1.46. The fourth-order valence-corrected chi connectivity index (χ4v) is 5.96. The number of aromatic amines is 1. The van der Waals surface area contributed by atoms with Crippen molar-refractivity contribution in [3.05, 3.63) is 66.5 Å². The number of nitrogens with zero attached hydrogens (tertiary/aromatic N) is 4. The third kappa shape index (κ3) is 3.73. The minimum absolute atomic E-state index is 0.346. The number of hydrogen-bond donors (Lipinski definition) is 1. The summed E-state index contributed by atoms with van der Waals surface area (Å²) < 4.78 is 29.4. The Bertz CT molecular complexity index is 1350. The number of nitrogens with one attached hydrogen (secondary N) is 1. The van der Waals surface area contributed by atoms with Crippen molar-refractivity contribution in [1.29, 1.82) is 0 Å². The van der Waals surface area contributed by atoms with Crippen molar-refractivity contribution >= 4 is 21.1 Å². The third-order valence-corrected chi connectivity index (χ3v) is 7.97. The second kappa shape index (κ2) is 8.18. The maximum atomic E-state index is 12.8. The van der Waals surface area contributed by atoms with E-state index in [1.54, 1.807) is 22.6 Å². The van der Waals surface area contributed by atoms with E-state index in [-0.39, 0.29) is 0 Å². The monoisotopic (exact) mass is 449 g/mol. The van der Waals surface area contributed by atoms with Crippen LogP contribution in [0.3, 0.4) is 0 Å². The van der Waals surface area contributed by atoms with Crippen LogP contribution in [0, 0.1) is 0 Å². The first-order valence-corrected chi connectivity index (χ1v) is 12.5. The van der Waals surface area contributed by atoms with Crippen molar-refractivity contribution < 1.29 is 8.42 Å². The second-order valence-electron chi connectivity index (χ2n) is 8.62. The number of imidazole rings is 1. The summed E-state index contributed by atoms with van der Waals surface area (Å²) in [6, 6.07) is 11.3. The lowest BCUT2D eigenvalue weighted by Crippen LogP contribution is -2.27. The molecule has 0 aliphatic carbocycles. The van der Waals surface area contributed by atoms with E-state index in [0.29, 0.717) is 30.4 Å². The molecular formula is C24H27N5O2S. The fourth-order valence-electron chi connectivity index (χ4n) is 4.44. The number of fused-ring (bicyclic) bond motifs is 1. The van der Waals surface area contributed by atoms with Crippen molar-refractivity contribution in [1.82, 2.24) is 23.8 Å². The molecule has 0 spiro atoms. The highest BCUT2D eigenvalue weighted by Gasteiger charge is 2.27. The van der Waals surface area contributed by atoms with Crippen molar-refractivity contribution in [2.45, 2.75) is 44.0 Å². The third-order valence-electron chi connectivity index (χ3n) is 6.06. The van der Waals surface area contributed by atoms with E-state index in [0.717, 1.165) is 46.5 Å². The molecule has 8 heteroatoms. The smallest absolute Gasteiger partial charge is 0.243 e. The van der Waals surface area contributed by atoms with Crippen molar-refractivity contribution in [2.75, 3.05) is 13.1 Å². The number of benzene rings is 1. The van der Waals surface area contributed by atoms with Gasteiger partial charge in [-0.1, -0.05) is 26.0 Å². The van der Waals surface area contributed by atoms with Gasteiger partial charge in [0.15, 0.2) is 0 Å². The summed E-state index contributed by atoms with van der Waals surface area (Å²) in [4.78, 5) is 12.7. The molecule has 166 valence electrons. The Hall–Kier alpha value is -2.97. The van der Waals surface area contributed by atoms with Gasteiger partial charge >= 0.3 is 0 Å². The molecule has 32 heavy (non-hydrogen) atoms. The molecule has 1 saturated heterocycles. The molecule has 7 nitrogen and oxygen atoms in total. The fraction of sp³-hybridized carbons (Fsp3) is 0.333. The Labute approximate surface area is 188 Å². The summed E-state index contributed by atoms with van der Waals surface area (Å²) >= 11 is 0. The quantitative estimate of drug-likeness (QED) is 0.473. The van der Waals surface area contributed by atoms with Crippen molar-refractivity contribution in [2.24, 2.45) is 0 Å². The molecule has 3 aromatic heterocycles. The topological polar surface area (TPSA) is 83.9 Å². The van der Waals surface area contributed by atoms with Gasteiger partial charge in [-0.25, -0.2) is 18.4 Å². The van der Waals surface area contributed by atoms with Crippen LogP contribution in [-0.4, -0.2) is 45.3 Å². The molecule has 1 aliphatic heterocycles. The summed E-state index contributed by atoms with van der Waals surface area (Å²) in [5, 5.41) is 1.02. The predicted molar refractivity (Wildman–Crippen MR) is 125 cm³/mol. The standard InChI is InChI=1S/C24H27N5O2S/c1-17(2)24-26-11-14-28(24)16-19-15-22-21(9-10-25-23(22)27-19)18-5-7-20(8-6-18)32(30,31)29-12-3-4-13-29/h5-11,14-15,17H,3-4,12-13,16H2,1-2H3,(H,25,27). The molecule has 1 aromatic carbocycles. The molecule has 1 aliphatic rings. The predicted octanol–water partition coefficient (Wildman–Crippen LogP) is 4.38. The SMILES string of the molecule is CC(C)c1nccn1Cc1cc2c(-c3ccc(S(=O)(=O)N4CCCC4)cc3)ccnc2[nH]1. The summed E-state index contributed by atoms with van der Waals surface area (Å²) in [6.45, 7) is 6.18. The van der Waals surface area contributed by atoms with Gasteiger partial charge in [-0.2, -0.15) is 4.31 Å². The lowest BCUT2D eigenvalue weighted by Gasteiger charge is -2.15. The Kier molecular flexibility index (Phi) is 5.35. The van der Waals surface area contributed by atoms with Crippen LogP contribution in [0.1, 0.15) is 44.1 Å². The summed E-state index contributed by atoms with van der Waals surface area (Å²) in [7, 11) is -3.41. The number of hydrogen-bond acceptors (Lipinski definition) is 4. The van der Waals surface area contributed by atoms with Crippen LogP contribution >= 0.6 is 0 Å². The minimum atomic E-state index is -3.41. The van der Waals surface area contributed by atoms with E-state index in [4.69, 9.17) is 0 Å². The van der Waals surface area contributed by atoms with Crippen LogP contribution in [-0.2, 0) is 16.6 Å². The molecule has 5 rings (SSSR count). The van der Waals surface area contributed by atoms with E-state index < -0.39 is 10.0 Å². The second-order valence-corrected chi connectivity index (χ2v) is 10.6. The molecule has 1 fully saturated rings. The van der Waals surface area contributed by atoms with Crippen LogP contribution in [0.25, 0.3) is 22.2 Å². The van der Waals surface area contributed by atoms with Gasteiger partial charge in [0.2, 0.25) is 10.0 Å². The van der Waals surface area contributed by atoms with Crippen molar-refractivity contribution in [3.63, 3.8) is 0 Å². The van der Waals surface area contributed by atoms with E-state index in [2.05, 4.69) is 39.4 Å². The van der Waals surface area contributed by atoms with Crippen molar-refractivity contribution in [3.8, 4) is 11.1 Å². The van der Waals surface area contributed by atoms with Gasteiger partial charge < -0.3 is 9.55 Å². The molecule has 4 aromatic rings. The molecule has 0 unspecified atom stereocenters. The van der Waals surface area contributed by atoms with Crippen LogP contribution in [0.4, 0.5) is 0 Å². The Morgan fingerprint density at radius 1 is 1.03 bits per heavy atom. The Morgan fingerprint density at radius 3 is 2.50 bits per heavy atom. The van der Waals surface area contributed by atoms with Gasteiger partial charge in [-0.15, -0.1) is 0 Å². The van der Waals surface area contributed by atoms with E-state index in [9.17, 15) is 8.42 Å². The highest BCUT2D eigenvalue weighted by atomic mass is 32.2. The summed E-state index contributed by atoms with van der Waals surface area (Å²) in [6.07, 6.45) is 7.47. The van der Waals surface area contributed by atoms with Gasteiger partial charge in [-0.05, 0) is 48.2 Å². The zero-order valence-electron chi connectivity index (χ0n) is 18.3. The highest BCUT2D eigenvalue weighted by Crippen LogP contribution is 2.30. The summed E-state index contributed by atoms with van der Waals surface area (Å²) in [5.41, 5.74) is 3.86. The minimum Gasteiger partial charge on any atom is -0.342 e. The van der Waals surface area contributed by atoms with Gasteiger partial charge in [-0.3, -0.25) is 0 Å². The largest absolute Gasteiger partial charge is 0.342 e. The lowest BCUT2D eigenvalue weighted by molar-refractivity contribution is 0.477.